The van der Waals surface area contributed by atoms with Gasteiger partial charge in [0, 0.05) is 30.1 Å². The Hall–Kier alpha value is -4.10. The summed E-state index contributed by atoms with van der Waals surface area (Å²) in [6.07, 6.45) is 3.56. The second-order valence-electron chi connectivity index (χ2n) is 9.91. The van der Waals surface area contributed by atoms with Crippen molar-refractivity contribution in [1.82, 2.24) is 19.9 Å². The first kappa shape index (κ1) is 25.2. The number of benzene rings is 3. The van der Waals surface area contributed by atoms with E-state index in [9.17, 15) is 9.18 Å². The zero-order chi connectivity index (χ0) is 26.8. The maximum Gasteiger partial charge on any atom is 0.274 e. The smallest absolute Gasteiger partial charge is 0.274 e. The average molecular weight is 537 g/mol. The minimum Gasteiger partial charge on any atom is -0.341 e. The zero-order valence-corrected chi connectivity index (χ0v) is 22.5. The standard InChI is InChI=1S/C32H29FN4OS/c1-21-34-30(31(39-21)24-15-17-25(33)18-16-24)32(38)37-19-9-8-14-26(37)20-27-35-28(22-10-4-2-5-11-22)29(36-27)23-12-6-3-7-13-23/h2-7,10-13,15-18,26H,8-9,14,19-20H2,1H3,(H,35,36). The van der Waals surface area contributed by atoms with Gasteiger partial charge in [-0.2, -0.15) is 0 Å². The first-order valence-electron chi connectivity index (χ1n) is 13.3. The first-order chi connectivity index (χ1) is 19.1. The summed E-state index contributed by atoms with van der Waals surface area (Å²) >= 11 is 1.47. The Morgan fingerprint density at radius 1 is 0.923 bits per heavy atom. The number of hydrogen-bond donors (Lipinski definition) is 1. The summed E-state index contributed by atoms with van der Waals surface area (Å²) in [5, 5.41) is 0.817. The van der Waals surface area contributed by atoms with Crippen LogP contribution in [0.4, 0.5) is 4.39 Å². The van der Waals surface area contributed by atoms with Gasteiger partial charge in [-0.15, -0.1) is 11.3 Å². The van der Waals surface area contributed by atoms with Gasteiger partial charge in [-0.1, -0.05) is 72.8 Å². The Balaban J connectivity index is 1.32. The number of hydrogen-bond acceptors (Lipinski definition) is 4. The predicted molar refractivity (Wildman–Crippen MR) is 154 cm³/mol. The molecule has 5 nitrogen and oxygen atoms in total. The predicted octanol–water partition coefficient (Wildman–Crippen LogP) is 7.55. The largest absolute Gasteiger partial charge is 0.341 e. The van der Waals surface area contributed by atoms with Crippen molar-refractivity contribution < 1.29 is 9.18 Å². The van der Waals surface area contributed by atoms with Crippen molar-refractivity contribution in [3.05, 3.63) is 107 Å². The molecule has 0 saturated carbocycles. The third kappa shape index (κ3) is 5.27. The number of H-pyrrole nitrogens is 1. The van der Waals surface area contributed by atoms with Crippen LogP contribution in [-0.4, -0.2) is 38.3 Å². The van der Waals surface area contributed by atoms with E-state index < -0.39 is 0 Å². The van der Waals surface area contributed by atoms with Gasteiger partial charge in [-0.25, -0.2) is 14.4 Å². The first-order valence-corrected chi connectivity index (χ1v) is 14.1. The lowest BCUT2D eigenvalue weighted by atomic mass is 9.98. The maximum absolute atomic E-state index is 14.0. The van der Waals surface area contributed by atoms with Gasteiger partial charge >= 0.3 is 0 Å². The molecule has 0 bridgehead atoms. The van der Waals surface area contributed by atoms with Crippen molar-refractivity contribution in [1.29, 1.82) is 0 Å². The minimum atomic E-state index is -0.299. The number of likely N-dealkylation sites (tertiary alicyclic amines) is 1. The topological polar surface area (TPSA) is 61.9 Å². The van der Waals surface area contributed by atoms with Gasteiger partial charge in [0.25, 0.3) is 5.91 Å². The summed E-state index contributed by atoms with van der Waals surface area (Å²) in [4.78, 5) is 30.0. The van der Waals surface area contributed by atoms with E-state index in [-0.39, 0.29) is 17.8 Å². The molecule has 1 N–H and O–H groups in total. The molecule has 7 heteroatoms. The van der Waals surface area contributed by atoms with E-state index in [1.807, 2.05) is 48.2 Å². The number of amides is 1. The molecule has 2 aromatic heterocycles. The number of carbonyl (C=O) groups excluding carboxylic acids is 1. The monoisotopic (exact) mass is 536 g/mol. The minimum absolute atomic E-state index is 0.00715. The van der Waals surface area contributed by atoms with Crippen LogP contribution in [0.25, 0.3) is 33.0 Å². The van der Waals surface area contributed by atoms with Crippen molar-refractivity contribution >= 4 is 17.2 Å². The quantitative estimate of drug-likeness (QED) is 0.244. The number of aryl methyl sites for hydroxylation is 1. The molecule has 5 aromatic rings. The molecule has 1 amide bonds. The van der Waals surface area contributed by atoms with Crippen molar-refractivity contribution in [3.63, 3.8) is 0 Å². The highest BCUT2D eigenvalue weighted by Crippen LogP contribution is 2.34. The third-order valence-electron chi connectivity index (χ3n) is 7.22. The van der Waals surface area contributed by atoms with Crippen LogP contribution in [0.3, 0.4) is 0 Å². The molecule has 1 saturated heterocycles. The van der Waals surface area contributed by atoms with Crippen molar-refractivity contribution in [3.8, 4) is 33.0 Å². The maximum atomic E-state index is 14.0. The molecule has 1 aliphatic rings. The van der Waals surface area contributed by atoms with Crippen LogP contribution in [-0.2, 0) is 6.42 Å². The number of aromatic amines is 1. The number of imidazole rings is 1. The number of nitrogens with one attached hydrogen (secondary N) is 1. The van der Waals surface area contributed by atoms with E-state index in [1.165, 1.54) is 23.5 Å². The molecular weight excluding hydrogens is 507 g/mol. The summed E-state index contributed by atoms with van der Waals surface area (Å²) in [6, 6.07) is 26.7. The summed E-state index contributed by atoms with van der Waals surface area (Å²) in [5.74, 6) is 0.499. The molecule has 1 atom stereocenters. The van der Waals surface area contributed by atoms with Gasteiger partial charge in [-0.05, 0) is 43.9 Å². The van der Waals surface area contributed by atoms with Crippen molar-refractivity contribution in [2.75, 3.05) is 6.54 Å². The average Bonchev–Trinajstić information content (AvgIpc) is 3.58. The fraction of sp³-hybridized carbons (Fsp3) is 0.219. The number of carbonyl (C=O) groups is 1. The lowest BCUT2D eigenvalue weighted by Gasteiger charge is -2.35. The van der Waals surface area contributed by atoms with Crippen LogP contribution < -0.4 is 0 Å². The van der Waals surface area contributed by atoms with Crippen LogP contribution in [0.1, 0.15) is 40.6 Å². The zero-order valence-electron chi connectivity index (χ0n) is 21.7. The molecule has 0 aliphatic carbocycles. The van der Waals surface area contributed by atoms with Gasteiger partial charge in [0.15, 0.2) is 0 Å². The number of nitrogens with zero attached hydrogens (tertiary/aromatic N) is 3. The molecule has 1 fully saturated rings. The van der Waals surface area contributed by atoms with E-state index in [0.717, 1.165) is 63.0 Å². The molecule has 1 unspecified atom stereocenters. The second-order valence-corrected chi connectivity index (χ2v) is 11.1. The van der Waals surface area contributed by atoms with E-state index in [4.69, 9.17) is 4.98 Å². The Morgan fingerprint density at radius 3 is 2.33 bits per heavy atom. The fourth-order valence-electron chi connectivity index (χ4n) is 5.35. The number of halogens is 1. The van der Waals surface area contributed by atoms with Crippen LogP contribution >= 0.6 is 11.3 Å². The SMILES string of the molecule is Cc1nc(C(=O)N2CCCCC2Cc2nc(-c3ccccc3)c(-c3ccccc3)[nH]2)c(-c2ccc(F)cc2)s1. The van der Waals surface area contributed by atoms with E-state index in [2.05, 4.69) is 34.2 Å². The third-order valence-corrected chi connectivity index (χ3v) is 8.24. The summed E-state index contributed by atoms with van der Waals surface area (Å²) in [5.41, 5.74) is 5.29. The number of aromatic nitrogens is 3. The number of piperidine rings is 1. The number of rotatable bonds is 6. The molecular formula is C32H29FN4OS. The molecule has 3 aromatic carbocycles. The summed E-state index contributed by atoms with van der Waals surface area (Å²) in [6.45, 7) is 2.59. The molecule has 1 aliphatic heterocycles. The highest BCUT2D eigenvalue weighted by atomic mass is 32.1. The highest BCUT2D eigenvalue weighted by molar-refractivity contribution is 7.15. The normalized spacial score (nSPS) is 15.4. The van der Waals surface area contributed by atoms with Crippen LogP contribution in [0.15, 0.2) is 84.9 Å². The summed E-state index contributed by atoms with van der Waals surface area (Å²) in [7, 11) is 0. The Labute approximate surface area is 231 Å². The van der Waals surface area contributed by atoms with Gasteiger partial charge in [0.2, 0.25) is 0 Å². The second kappa shape index (κ2) is 10.9. The molecule has 3 heterocycles. The van der Waals surface area contributed by atoms with Crippen LogP contribution in [0.5, 0.6) is 0 Å². The van der Waals surface area contributed by atoms with E-state index >= 15 is 0 Å². The highest BCUT2D eigenvalue weighted by Gasteiger charge is 2.32. The van der Waals surface area contributed by atoms with Gasteiger partial charge in [-0.3, -0.25) is 4.79 Å². The van der Waals surface area contributed by atoms with E-state index in [0.29, 0.717) is 18.7 Å². The Bertz CT molecular complexity index is 1520. The summed E-state index contributed by atoms with van der Waals surface area (Å²) < 4.78 is 13.6. The van der Waals surface area contributed by atoms with Crippen molar-refractivity contribution in [2.45, 2.75) is 38.6 Å². The molecule has 0 spiro atoms. The lowest BCUT2D eigenvalue weighted by molar-refractivity contribution is 0.0607. The Morgan fingerprint density at radius 2 is 1.62 bits per heavy atom. The molecule has 0 radical (unpaired) electrons. The van der Waals surface area contributed by atoms with Gasteiger partial charge < -0.3 is 9.88 Å². The van der Waals surface area contributed by atoms with Gasteiger partial charge in [0.05, 0.1) is 21.3 Å². The van der Waals surface area contributed by atoms with Gasteiger partial charge in [0.1, 0.15) is 17.3 Å². The van der Waals surface area contributed by atoms with Crippen LogP contribution in [0.2, 0.25) is 0 Å². The van der Waals surface area contributed by atoms with E-state index in [1.54, 1.807) is 12.1 Å². The lowest BCUT2D eigenvalue weighted by Crippen LogP contribution is -2.45. The fourth-order valence-corrected chi connectivity index (χ4v) is 6.26. The molecule has 196 valence electrons. The molecule has 6 rings (SSSR count). The van der Waals surface area contributed by atoms with Crippen molar-refractivity contribution in [2.24, 2.45) is 0 Å². The number of thiazole rings is 1. The Kier molecular flexibility index (Phi) is 7.07. The molecule has 39 heavy (non-hydrogen) atoms. The van der Waals surface area contributed by atoms with Crippen LogP contribution in [0, 0.1) is 12.7 Å².